The van der Waals surface area contributed by atoms with E-state index in [4.69, 9.17) is 15.2 Å². The number of aromatic nitrogens is 3. The van der Waals surface area contributed by atoms with Gasteiger partial charge in [0.05, 0.1) is 48.5 Å². The van der Waals surface area contributed by atoms with Crippen molar-refractivity contribution >= 4 is 27.1 Å². The minimum Gasteiger partial charge on any atom is -0.481 e. The Balaban J connectivity index is 1.75. The second-order valence-corrected chi connectivity index (χ2v) is 9.53. The molecule has 3 aromatic heterocycles. The van der Waals surface area contributed by atoms with Crippen LogP contribution < -0.4 is 15.8 Å². The average molecular weight is 461 g/mol. The normalized spacial score (nSPS) is 19.3. The fraction of sp³-hybridized carbons (Fsp3) is 0.350. The molecular weight excluding hydrogens is 436 g/mol. The molecule has 0 radical (unpaired) electrons. The van der Waals surface area contributed by atoms with Gasteiger partial charge in [0.25, 0.3) is 5.91 Å². The summed E-state index contributed by atoms with van der Waals surface area (Å²) in [6, 6.07) is 5.08. The van der Waals surface area contributed by atoms with E-state index in [1.165, 1.54) is 17.6 Å². The maximum absolute atomic E-state index is 12.1. The summed E-state index contributed by atoms with van der Waals surface area (Å²) in [6.45, 7) is 0.407. The molecule has 0 saturated carbocycles. The molecule has 12 heteroatoms. The van der Waals surface area contributed by atoms with Crippen LogP contribution in [0, 0.1) is 0 Å². The fourth-order valence-electron chi connectivity index (χ4n) is 3.80. The predicted octanol–water partition coefficient (Wildman–Crippen LogP) is 0.575. The summed E-state index contributed by atoms with van der Waals surface area (Å²) in [7, 11) is -0.324. The first kappa shape index (κ1) is 22.0. The first-order chi connectivity index (χ1) is 15.2. The fourth-order valence-corrected chi connectivity index (χ4v) is 4.65. The van der Waals surface area contributed by atoms with Gasteiger partial charge in [0.15, 0.2) is 0 Å². The third-order valence-corrected chi connectivity index (χ3v) is 6.75. The van der Waals surface area contributed by atoms with Crippen molar-refractivity contribution in [3.05, 3.63) is 42.4 Å². The van der Waals surface area contributed by atoms with Crippen LogP contribution in [0.3, 0.4) is 0 Å². The first-order valence-electron chi connectivity index (χ1n) is 9.77. The molecule has 1 aliphatic heterocycles. The zero-order valence-corrected chi connectivity index (χ0v) is 18.7. The summed E-state index contributed by atoms with van der Waals surface area (Å²) in [5.74, 6) is -0.153. The lowest BCUT2D eigenvalue weighted by atomic mass is 10.1. The molecule has 3 N–H and O–H groups in total. The molecule has 1 aliphatic rings. The van der Waals surface area contributed by atoms with Crippen LogP contribution >= 0.6 is 0 Å². The molecule has 1 fully saturated rings. The van der Waals surface area contributed by atoms with Crippen LogP contribution in [0.1, 0.15) is 10.4 Å². The van der Waals surface area contributed by atoms with Gasteiger partial charge in [0.1, 0.15) is 0 Å². The lowest BCUT2D eigenvalue weighted by Crippen LogP contribution is -2.35. The highest BCUT2D eigenvalue weighted by Gasteiger charge is 2.38. The Kier molecular flexibility index (Phi) is 5.75. The molecule has 4 heterocycles. The summed E-state index contributed by atoms with van der Waals surface area (Å²) in [4.78, 5) is 16.4. The quantitative estimate of drug-likeness (QED) is 0.521. The number of anilines is 1. The van der Waals surface area contributed by atoms with Crippen LogP contribution in [0.25, 0.3) is 16.6 Å². The third-order valence-electron chi connectivity index (χ3n) is 5.52. The number of hydrogen-bond donors (Lipinski definition) is 2. The van der Waals surface area contributed by atoms with E-state index >= 15 is 0 Å². The number of nitrogens with two attached hydrogens (primary N) is 1. The summed E-state index contributed by atoms with van der Waals surface area (Å²) >= 11 is 0. The number of amides is 1. The molecule has 0 spiro atoms. The van der Waals surface area contributed by atoms with E-state index in [9.17, 15) is 13.2 Å². The number of nitrogens with one attached hydrogen (secondary N) is 1. The van der Waals surface area contributed by atoms with Crippen molar-refractivity contribution < 1.29 is 22.7 Å². The van der Waals surface area contributed by atoms with Crippen LogP contribution in [0.15, 0.2) is 36.8 Å². The number of methoxy groups -OCH3 is 2. The zero-order chi connectivity index (χ0) is 23.0. The Hall–Kier alpha value is -3.22. The van der Waals surface area contributed by atoms with Gasteiger partial charge in [-0.3, -0.25) is 4.79 Å². The summed E-state index contributed by atoms with van der Waals surface area (Å²) in [6.07, 6.45) is 5.62. The molecule has 11 nitrogen and oxygen atoms in total. The highest BCUT2D eigenvalue weighted by atomic mass is 32.2. The number of primary amides is 1. The number of nitrogens with zero attached hydrogens (tertiary/aromatic N) is 4. The van der Waals surface area contributed by atoms with Crippen LogP contribution in [0.2, 0.25) is 0 Å². The van der Waals surface area contributed by atoms with Gasteiger partial charge in [0.2, 0.25) is 15.9 Å². The van der Waals surface area contributed by atoms with Crippen molar-refractivity contribution in [2.75, 3.05) is 38.9 Å². The highest BCUT2D eigenvalue weighted by molar-refractivity contribution is 7.88. The third kappa shape index (κ3) is 4.11. The largest absolute Gasteiger partial charge is 0.481 e. The topological polar surface area (TPSA) is 141 Å². The van der Waals surface area contributed by atoms with Crippen molar-refractivity contribution in [1.29, 1.82) is 0 Å². The number of hydrogen-bond acceptors (Lipinski definition) is 8. The number of carbonyl (C=O) groups is 1. The van der Waals surface area contributed by atoms with Gasteiger partial charge in [-0.05, 0) is 12.1 Å². The van der Waals surface area contributed by atoms with E-state index in [-0.39, 0.29) is 24.7 Å². The molecule has 0 aliphatic carbocycles. The summed E-state index contributed by atoms with van der Waals surface area (Å²) < 4.78 is 37.6. The molecule has 3 aromatic rings. The van der Waals surface area contributed by atoms with E-state index in [0.29, 0.717) is 17.1 Å². The molecule has 0 aromatic carbocycles. The van der Waals surface area contributed by atoms with Gasteiger partial charge < -0.3 is 20.5 Å². The average Bonchev–Trinajstić information content (AvgIpc) is 3.38. The summed E-state index contributed by atoms with van der Waals surface area (Å²) in [5.41, 5.74) is 8.53. The Morgan fingerprint density at radius 3 is 2.59 bits per heavy atom. The molecule has 0 unspecified atom stereocenters. The van der Waals surface area contributed by atoms with Crippen molar-refractivity contribution in [2.24, 2.45) is 5.73 Å². The molecule has 0 bridgehead atoms. The smallest absolute Gasteiger partial charge is 0.252 e. The number of fused-ring (bicyclic) bond motifs is 1. The molecule has 1 amide bonds. The maximum atomic E-state index is 12.1. The summed E-state index contributed by atoms with van der Waals surface area (Å²) in [5, 5.41) is 7.60. The lowest BCUT2D eigenvalue weighted by molar-refractivity contribution is 0.0998. The van der Waals surface area contributed by atoms with E-state index in [2.05, 4.69) is 15.4 Å². The van der Waals surface area contributed by atoms with Crippen molar-refractivity contribution in [3.8, 4) is 17.0 Å². The van der Waals surface area contributed by atoms with Crippen molar-refractivity contribution in [3.63, 3.8) is 0 Å². The Bertz CT molecular complexity index is 1260. The van der Waals surface area contributed by atoms with E-state index < -0.39 is 22.0 Å². The second-order valence-electron chi connectivity index (χ2n) is 7.55. The monoisotopic (exact) mass is 460 g/mol. The minimum absolute atomic E-state index is 0.194. The predicted molar refractivity (Wildman–Crippen MR) is 118 cm³/mol. The van der Waals surface area contributed by atoms with Gasteiger partial charge in [-0.1, -0.05) is 0 Å². The number of ether oxygens (including phenoxy) is 2. The van der Waals surface area contributed by atoms with Gasteiger partial charge >= 0.3 is 0 Å². The van der Waals surface area contributed by atoms with Crippen LogP contribution in [0.4, 0.5) is 5.69 Å². The van der Waals surface area contributed by atoms with E-state index in [1.807, 2.05) is 12.1 Å². The highest BCUT2D eigenvalue weighted by Crippen LogP contribution is 2.30. The molecule has 4 rings (SSSR count). The standard InChI is InChI=1S/C20H24N6O5S/c1-30-17-11-25(32(3,28)29)10-15(17)24-19-14(20(21)27)8-23-26-9-13(6-16(19)26)12-4-5-18(31-2)22-7-12/h4-9,15,17,24H,10-11H2,1-3H3,(H2,21,27)/t15-,17-/m1/s1. The molecule has 170 valence electrons. The number of pyridine rings is 1. The Morgan fingerprint density at radius 1 is 1.22 bits per heavy atom. The van der Waals surface area contributed by atoms with Gasteiger partial charge in [-0.15, -0.1) is 0 Å². The Morgan fingerprint density at radius 2 is 2.00 bits per heavy atom. The molecule has 32 heavy (non-hydrogen) atoms. The number of rotatable bonds is 7. The van der Waals surface area contributed by atoms with Crippen LogP contribution in [-0.4, -0.2) is 78.9 Å². The SMILES string of the molecule is COc1ccc(-c2cc3c(N[C@@H]4CN(S(C)(=O)=O)C[C@H]4OC)c(C(N)=O)cnn3c2)cn1. The maximum Gasteiger partial charge on any atom is 0.252 e. The Labute approximate surface area is 185 Å². The molecular formula is C20H24N6O5S. The van der Waals surface area contributed by atoms with E-state index in [0.717, 1.165) is 17.4 Å². The zero-order valence-electron chi connectivity index (χ0n) is 17.8. The van der Waals surface area contributed by atoms with Gasteiger partial charge in [-0.2, -0.15) is 9.40 Å². The van der Waals surface area contributed by atoms with Crippen LogP contribution in [-0.2, 0) is 14.8 Å². The van der Waals surface area contributed by atoms with Gasteiger partial charge in [-0.25, -0.2) is 17.9 Å². The van der Waals surface area contributed by atoms with Gasteiger partial charge in [0, 0.05) is 49.8 Å². The van der Waals surface area contributed by atoms with Crippen LogP contribution in [0.5, 0.6) is 5.88 Å². The molecule has 1 saturated heterocycles. The first-order valence-corrected chi connectivity index (χ1v) is 11.6. The van der Waals surface area contributed by atoms with E-state index in [1.54, 1.807) is 30.1 Å². The minimum atomic E-state index is -3.39. The van der Waals surface area contributed by atoms with Crippen molar-refractivity contribution in [2.45, 2.75) is 12.1 Å². The molecule has 2 atom stereocenters. The second kappa shape index (κ2) is 8.37. The van der Waals surface area contributed by atoms with Crippen molar-refractivity contribution in [1.82, 2.24) is 18.9 Å². The lowest BCUT2D eigenvalue weighted by Gasteiger charge is -2.21. The number of sulfonamides is 1. The number of carbonyl (C=O) groups excluding carboxylic acids is 1.